The second kappa shape index (κ2) is 4.95. The molecule has 0 saturated carbocycles. The van der Waals surface area contributed by atoms with Crippen LogP contribution >= 0.6 is 0 Å². The summed E-state index contributed by atoms with van der Waals surface area (Å²) < 4.78 is 54.3. The molecule has 0 spiro atoms. The number of rotatable bonds is 5. The van der Waals surface area contributed by atoms with Crippen molar-refractivity contribution in [1.82, 2.24) is 0 Å². The van der Waals surface area contributed by atoms with E-state index in [2.05, 4.69) is 4.18 Å². The van der Waals surface area contributed by atoms with Crippen LogP contribution in [-0.4, -0.2) is 36.2 Å². The van der Waals surface area contributed by atoms with Crippen LogP contribution in [0.25, 0.3) is 0 Å². The number of carbonyl (C=O) groups is 1. The van der Waals surface area contributed by atoms with E-state index < -0.39 is 39.6 Å². The number of hydrogen-bond acceptors (Lipinski definition) is 7. The maximum atomic E-state index is 11.6. The smallest absolute Gasteiger partial charge is 0.328 e. The van der Waals surface area contributed by atoms with Gasteiger partial charge < -0.3 is 8.06 Å². The van der Waals surface area contributed by atoms with Crippen LogP contribution in [0.2, 0.25) is 6.55 Å². The van der Waals surface area contributed by atoms with Gasteiger partial charge in [-0.25, -0.2) is 0 Å². The Kier molecular flexibility index (Phi) is 4.15. The third-order valence-electron chi connectivity index (χ3n) is 1.80. The molecule has 0 saturated heterocycles. The van der Waals surface area contributed by atoms with Crippen molar-refractivity contribution in [1.29, 1.82) is 0 Å². The van der Waals surface area contributed by atoms with Crippen molar-refractivity contribution in [3.63, 3.8) is 0 Å². The van der Waals surface area contributed by atoms with Crippen LogP contribution in [-0.2, 0) is 33.1 Å². The zero-order chi connectivity index (χ0) is 14.0. The zero-order valence-electron chi connectivity index (χ0n) is 9.69. The molecule has 102 valence electrons. The molecule has 7 nitrogen and oxygen atoms in total. The molecule has 0 bridgehead atoms. The Morgan fingerprint density at radius 2 is 1.61 bits per heavy atom. The summed E-state index contributed by atoms with van der Waals surface area (Å²) in [6.07, 6.45) is 3.25. The predicted molar refractivity (Wildman–Crippen MR) is 65.5 cm³/mol. The molecule has 18 heavy (non-hydrogen) atoms. The van der Waals surface area contributed by atoms with Gasteiger partial charge in [-0.05, 0) is 6.55 Å². The SMILES string of the molecule is CC(=O)OS(=O)(=O)CS(=O)(=O)O[Si]1(C)C=CC=C1. The molecule has 0 fully saturated rings. The molecule has 0 unspecified atom stereocenters. The molecule has 1 heterocycles. The molecule has 0 N–H and O–H groups in total. The van der Waals surface area contributed by atoms with Crippen LogP contribution in [0.5, 0.6) is 0 Å². The molecule has 0 atom stereocenters. The number of allylic oxidation sites excluding steroid dienone is 2. The highest BCUT2D eigenvalue weighted by Crippen LogP contribution is 2.18. The minimum absolute atomic E-state index is 0.865. The van der Waals surface area contributed by atoms with Gasteiger partial charge in [0.05, 0.1) is 0 Å². The van der Waals surface area contributed by atoms with Gasteiger partial charge in [0.15, 0.2) is 0 Å². The van der Waals surface area contributed by atoms with E-state index in [0.717, 1.165) is 6.92 Å². The fourth-order valence-corrected chi connectivity index (χ4v) is 7.60. The molecule has 1 aliphatic rings. The van der Waals surface area contributed by atoms with Crippen molar-refractivity contribution in [2.45, 2.75) is 13.5 Å². The van der Waals surface area contributed by atoms with E-state index in [1.54, 1.807) is 30.1 Å². The van der Waals surface area contributed by atoms with Crippen molar-refractivity contribution in [2.75, 3.05) is 5.08 Å². The van der Waals surface area contributed by atoms with E-state index >= 15 is 0 Å². The summed E-state index contributed by atoms with van der Waals surface area (Å²) in [5.41, 5.74) is 3.17. The van der Waals surface area contributed by atoms with Gasteiger partial charge in [0.25, 0.3) is 18.4 Å². The summed E-state index contributed by atoms with van der Waals surface area (Å²) in [5.74, 6) is -1.10. The number of carbonyl (C=O) groups excluding carboxylic acids is 1. The summed E-state index contributed by atoms with van der Waals surface area (Å²) in [4.78, 5) is 10.5. The van der Waals surface area contributed by atoms with E-state index in [1.165, 1.54) is 0 Å². The Morgan fingerprint density at radius 1 is 1.11 bits per heavy atom. The van der Waals surface area contributed by atoms with Crippen molar-refractivity contribution in [3.05, 3.63) is 23.6 Å². The number of hydrogen-bond donors (Lipinski definition) is 0. The van der Waals surface area contributed by atoms with Crippen LogP contribution in [0, 0.1) is 0 Å². The Morgan fingerprint density at radius 3 is 2.06 bits per heavy atom. The lowest BCUT2D eigenvalue weighted by atomic mass is 10.6. The monoisotopic (exact) mass is 312 g/mol. The maximum absolute atomic E-state index is 11.6. The van der Waals surface area contributed by atoms with Crippen molar-refractivity contribution < 1.29 is 29.7 Å². The van der Waals surface area contributed by atoms with Gasteiger partial charge in [0, 0.05) is 6.92 Å². The van der Waals surface area contributed by atoms with Gasteiger partial charge in [-0.1, -0.05) is 23.6 Å². The maximum Gasteiger partial charge on any atom is 0.328 e. The topological polar surface area (TPSA) is 104 Å². The summed E-state index contributed by atoms with van der Waals surface area (Å²) in [6, 6.07) is 0. The standard InChI is InChI=1S/C8H12O7S2Si/c1-8(9)14-16(10,11)7-17(12,13)15-18(2)5-3-4-6-18/h3-6H,7H2,1-2H3. The predicted octanol–water partition coefficient (Wildman–Crippen LogP) is -0.0371. The molecule has 0 aromatic carbocycles. The Balaban J connectivity index is 2.80. The van der Waals surface area contributed by atoms with Crippen molar-refractivity contribution >= 4 is 34.5 Å². The first kappa shape index (κ1) is 15.1. The van der Waals surface area contributed by atoms with E-state index in [-0.39, 0.29) is 0 Å². The average molecular weight is 312 g/mol. The summed E-state index contributed by atoms with van der Waals surface area (Å²) in [6.45, 7) is 2.45. The Hall–Kier alpha value is -0.973. The first-order valence-electron chi connectivity index (χ1n) is 4.77. The second-order valence-corrected chi connectivity index (χ2v) is 10.8. The minimum atomic E-state index is -4.50. The molecule has 0 aliphatic carbocycles. The van der Waals surface area contributed by atoms with E-state index in [0.29, 0.717) is 0 Å². The lowest BCUT2D eigenvalue weighted by Gasteiger charge is -2.16. The van der Waals surface area contributed by atoms with Gasteiger partial charge in [0.1, 0.15) is 0 Å². The van der Waals surface area contributed by atoms with Gasteiger partial charge >= 0.3 is 16.1 Å². The quantitative estimate of drug-likeness (QED) is 0.518. The molecule has 1 aliphatic heterocycles. The second-order valence-electron chi connectivity index (χ2n) is 3.79. The van der Waals surface area contributed by atoms with Crippen LogP contribution in [0.15, 0.2) is 23.6 Å². The molecular formula is C8H12O7S2Si. The third-order valence-corrected chi connectivity index (χ3v) is 8.76. The highest BCUT2D eigenvalue weighted by atomic mass is 32.3. The fraction of sp³-hybridized carbons (Fsp3) is 0.375. The van der Waals surface area contributed by atoms with Gasteiger partial charge in [-0.2, -0.15) is 16.8 Å². The normalized spacial score (nSPS) is 17.9. The van der Waals surface area contributed by atoms with Crippen LogP contribution in [0.4, 0.5) is 0 Å². The van der Waals surface area contributed by atoms with E-state index in [1.807, 2.05) is 0 Å². The van der Waals surface area contributed by atoms with Gasteiger partial charge in [-0.3, -0.25) is 4.79 Å². The van der Waals surface area contributed by atoms with Gasteiger partial charge in [0.2, 0.25) is 5.08 Å². The fourth-order valence-electron chi connectivity index (χ4n) is 1.28. The van der Waals surface area contributed by atoms with Gasteiger partial charge in [-0.15, -0.1) is 0 Å². The Labute approximate surface area is 106 Å². The molecule has 0 radical (unpaired) electrons. The Bertz CT molecular complexity index is 587. The van der Waals surface area contributed by atoms with Crippen LogP contribution < -0.4 is 0 Å². The largest absolute Gasteiger partial charge is 0.345 e. The molecule has 0 aromatic heterocycles. The van der Waals surface area contributed by atoms with Crippen LogP contribution in [0.3, 0.4) is 0 Å². The summed E-state index contributed by atoms with van der Waals surface area (Å²) in [5, 5.41) is -1.39. The first-order valence-corrected chi connectivity index (χ1v) is 10.5. The first-order chi connectivity index (χ1) is 8.04. The average Bonchev–Trinajstić information content (AvgIpc) is 2.44. The van der Waals surface area contributed by atoms with Crippen molar-refractivity contribution in [2.24, 2.45) is 0 Å². The summed E-state index contributed by atoms with van der Waals surface area (Å²) in [7, 11) is -11.5. The highest BCUT2D eigenvalue weighted by molar-refractivity contribution is 8.04. The van der Waals surface area contributed by atoms with Crippen molar-refractivity contribution in [3.8, 4) is 0 Å². The molecule has 0 amide bonds. The van der Waals surface area contributed by atoms with E-state index in [4.69, 9.17) is 3.87 Å². The molecule has 0 aromatic rings. The third kappa shape index (κ3) is 4.72. The van der Waals surface area contributed by atoms with E-state index in [9.17, 15) is 21.6 Å². The minimum Gasteiger partial charge on any atom is -0.345 e. The molecule has 1 rings (SSSR count). The van der Waals surface area contributed by atoms with Crippen LogP contribution in [0.1, 0.15) is 6.92 Å². The highest BCUT2D eigenvalue weighted by Gasteiger charge is 2.35. The lowest BCUT2D eigenvalue weighted by Crippen LogP contribution is -2.35. The molecular weight excluding hydrogens is 300 g/mol. The lowest BCUT2D eigenvalue weighted by molar-refractivity contribution is -0.131. The summed E-state index contributed by atoms with van der Waals surface area (Å²) >= 11 is 0. The zero-order valence-corrected chi connectivity index (χ0v) is 12.3. The molecule has 10 heteroatoms.